The lowest BCUT2D eigenvalue weighted by Gasteiger charge is -2.12. The Morgan fingerprint density at radius 1 is 0.941 bits per heavy atom. The number of aryl methyl sites for hydroxylation is 1. The highest BCUT2D eigenvalue weighted by atomic mass is 16.3. The number of phenols is 1. The summed E-state index contributed by atoms with van der Waals surface area (Å²) in [4.78, 5) is 12.9. The zero-order valence-electron chi connectivity index (χ0n) is 18.5. The van der Waals surface area contributed by atoms with Crippen molar-refractivity contribution in [3.63, 3.8) is 0 Å². The van der Waals surface area contributed by atoms with Crippen LogP contribution in [0.1, 0.15) is 21.6 Å². The Kier molecular flexibility index (Phi) is 5.62. The fourth-order valence-corrected chi connectivity index (χ4v) is 3.93. The second kappa shape index (κ2) is 9.03. The van der Waals surface area contributed by atoms with E-state index in [0.29, 0.717) is 5.56 Å². The number of para-hydroxylation sites is 2. The lowest BCUT2D eigenvalue weighted by molar-refractivity contribution is 0.0949. The van der Waals surface area contributed by atoms with E-state index in [1.807, 2.05) is 55.5 Å². The maximum Gasteiger partial charge on any atom is 0.291 e. The monoisotopic (exact) mass is 446 g/mol. The topological polar surface area (TPSA) is 79.5 Å². The third kappa shape index (κ3) is 4.04. The molecule has 5 rings (SSSR count). The molecule has 1 aromatic heterocycles. The van der Waals surface area contributed by atoms with E-state index in [2.05, 4.69) is 33.8 Å². The minimum Gasteiger partial charge on any atom is -0.507 e. The number of fused-ring (bicyclic) bond motifs is 1. The lowest BCUT2D eigenvalue weighted by atomic mass is 10.0. The number of nitrogens with one attached hydrogen (secondary N) is 1. The van der Waals surface area contributed by atoms with Gasteiger partial charge in [-0.2, -0.15) is 10.2 Å². The number of amides is 1. The van der Waals surface area contributed by atoms with Crippen molar-refractivity contribution in [3.05, 3.63) is 114 Å². The highest BCUT2D eigenvalue weighted by molar-refractivity contribution is 5.99. The van der Waals surface area contributed by atoms with Gasteiger partial charge >= 0.3 is 0 Å². The highest BCUT2D eigenvalue weighted by Gasteiger charge is 2.19. The summed E-state index contributed by atoms with van der Waals surface area (Å²) in [5.41, 5.74) is 6.97. The largest absolute Gasteiger partial charge is 0.507 e. The zero-order chi connectivity index (χ0) is 23.5. The van der Waals surface area contributed by atoms with Gasteiger partial charge in [-0.15, -0.1) is 0 Å². The molecule has 0 fully saturated rings. The molecule has 0 saturated heterocycles. The predicted molar refractivity (Wildman–Crippen MR) is 134 cm³/mol. The summed E-state index contributed by atoms with van der Waals surface area (Å²) in [6, 6.07) is 30.7. The first-order valence-electron chi connectivity index (χ1n) is 10.9. The normalized spacial score (nSPS) is 11.2. The fourth-order valence-electron chi connectivity index (χ4n) is 3.93. The van der Waals surface area contributed by atoms with Gasteiger partial charge < -0.3 is 5.11 Å². The van der Waals surface area contributed by atoms with E-state index in [1.165, 1.54) is 6.21 Å². The molecule has 0 aliphatic carbocycles. The van der Waals surface area contributed by atoms with Gasteiger partial charge in [0.15, 0.2) is 5.69 Å². The van der Waals surface area contributed by atoms with Crippen LogP contribution in [0.3, 0.4) is 0 Å². The molecular weight excluding hydrogens is 424 g/mol. The van der Waals surface area contributed by atoms with E-state index in [-0.39, 0.29) is 11.4 Å². The molecule has 166 valence electrons. The molecule has 0 atom stereocenters. The Morgan fingerprint density at radius 3 is 2.53 bits per heavy atom. The average Bonchev–Trinajstić information content (AvgIpc) is 3.30. The van der Waals surface area contributed by atoms with Gasteiger partial charge in [-0.1, -0.05) is 72.8 Å². The number of hydrogen-bond acceptors (Lipinski definition) is 4. The molecule has 4 aromatic carbocycles. The molecule has 5 aromatic rings. The van der Waals surface area contributed by atoms with Gasteiger partial charge in [0.2, 0.25) is 0 Å². The minimum absolute atomic E-state index is 0.0857. The lowest BCUT2D eigenvalue weighted by Crippen LogP contribution is -2.18. The number of hydrazone groups is 1. The van der Waals surface area contributed by atoms with Gasteiger partial charge in [-0.25, -0.2) is 10.1 Å². The Morgan fingerprint density at radius 2 is 1.68 bits per heavy atom. The van der Waals surface area contributed by atoms with E-state index in [9.17, 15) is 9.90 Å². The minimum atomic E-state index is -0.444. The van der Waals surface area contributed by atoms with E-state index in [0.717, 1.165) is 33.3 Å². The van der Waals surface area contributed by atoms with Gasteiger partial charge in [0.05, 0.1) is 17.6 Å². The molecule has 0 aliphatic heterocycles. The van der Waals surface area contributed by atoms with Crippen LogP contribution in [0.15, 0.2) is 102 Å². The van der Waals surface area contributed by atoms with Crippen molar-refractivity contribution in [1.82, 2.24) is 15.2 Å². The van der Waals surface area contributed by atoms with E-state index >= 15 is 0 Å². The fraction of sp³-hybridized carbons (Fsp3) is 0.0357. The van der Waals surface area contributed by atoms with E-state index in [4.69, 9.17) is 0 Å². The predicted octanol–water partition coefficient (Wildman–Crippen LogP) is 5.47. The van der Waals surface area contributed by atoms with E-state index in [1.54, 1.807) is 35.0 Å². The van der Waals surface area contributed by atoms with Crippen molar-refractivity contribution < 1.29 is 9.90 Å². The number of rotatable bonds is 5. The maximum atomic E-state index is 12.9. The standard InChI is InChI=1S/C28H22N4O2/c1-19-9-2-6-15-25(19)32-26(23-14-8-12-20-10-3-5-13-22(20)23)17-24(31-32)28(34)30-29-18-21-11-4-7-16-27(21)33/h2-18,33H,1H3,(H,30,34)/b29-18-. The Labute approximate surface area is 196 Å². The molecule has 2 N–H and O–H groups in total. The smallest absolute Gasteiger partial charge is 0.291 e. The number of nitrogens with zero attached hydrogens (tertiary/aromatic N) is 3. The summed E-state index contributed by atoms with van der Waals surface area (Å²) in [5, 5.41) is 20.7. The summed E-state index contributed by atoms with van der Waals surface area (Å²) >= 11 is 0. The van der Waals surface area contributed by atoms with Gasteiger partial charge in [0.1, 0.15) is 5.75 Å². The molecule has 0 saturated carbocycles. The first-order chi connectivity index (χ1) is 16.6. The Bertz CT molecular complexity index is 1530. The number of phenolic OH excluding ortho intramolecular Hbond substituents is 1. The van der Waals surface area contributed by atoms with Crippen molar-refractivity contribution in [3.8, 4) is 22.7 Å². The maximum absolute atomic E-state index is 12.9. The van der Waals surface area contributed by atoms with Crippen molar-refractivity contribution in [2.24, 2.45) is 5.10 Å². The molecule has 0 spiro atoms. The summed E-state index contributed by atoms with van der Waals surface area (Å²) in [7, 11) is 0. The van der Waals surface area contributed by atoms with Gasteiger partial charge in [-0.05, 0) is 47.5 Å². The third-order valence-corrected chi connectivity index (χ3v) is 5.66. The molecule has 1 heterocycles. The van der Waals surface area contributed by atoms with Crippen LogP contribution >= 0.6 is 0 Å². The average molecular weight is 447 g/mol. The van der Waals surface area contributed by atoms with E-state index < -0.39 is 5.91 Å². The van der Waals surface area contributed by atoms with Crippen LogP contribution in [0.2, 0.25) is 0 Å². The summed E-state index contributed by atoms with van der Waals surface area (Å²) in [6.45, 7) is 2.01. The molecule has 6 nitrogen and oxygen atoms in total. The Hall–Kier alpha value is -4.71. The van der Waals surface area contributed by atoms with Crippen molar-refractivity contribution in [2.75, 3.05) is 0 Å². The van der Waals surface area contributed by atoms with Crippen molar-refractivity contribution in [2.45, 2.75) is 6.92 Å². The molecule has 34 heavy (non-hydrogen) atoms. The molecular formula is C28H22N4O2. The highest BCUT2D eigenvalue weighted by Crippen LogP contribution is 2.31. The second-order valence-electron chi connectivity index (χ2n) is 7.90. The number of benzene rings is 4. The van der Waals surface area contributed by atoms with Crippen LogP contribution in [0.25, 0.3) is 27.7 Å². The molecule has 6 heteroatoms. The number of aromatic hydroxyl groups is 1. The molecule has 1 amide bonds. The number of carbonyl (C=O) groups is 1. The second-order valence-corrected chi connectivity index (χ2v) is 7.90. The van der Waals surface area contributed by atoms with Crippen molar-refractivity contribution in [1.29, 1.82) is 0 Å². The molecule has 0 radical (unpaired) electrons. The van der Waals surface area contributed by atoms with Crippen LogP contribution in [0.5, 0.6) is 5.75 Å². The zero-order valence-corrected chi connectivity index (χ0v) is 18.5. The van der Waals surface area contributed by atoms with Gasteiger partial charge in [-0.3, -0.25) is 4.79 Å². The summed E-state index contributed by atoms with van der Waals surface area (Å²) in [6.07, 6.45) is 1.40. The number of carbonyl (C=O) groups excluding carboxylic acids is 1. The van der Waals surface area contributed by atoms with Crippen LogP contribution in [-0.4, -0.2) is 27.0 Å². The number of aromatic nitrogens is 2. The molecule has 0 aliphatic rings. The quantitative estimate of drug-likeness (QED) is 0.278. The molecule has 0 bridgehead atoms. The first-order valence-corrected chi connectivity index (χ1v) is 10.9. The summed E-state index contributed by atoms with van der Waals surface area (Å²) < 4.78 is 1.80. The van der Waals surface area contributed by atoms with Crippen LogP contribution in [-0.2, 0) is 0 Å². The summed E-state index contributed by atoms with van der Waals surface area (Å²) in [5.74, 6) is -0.358. The van der Waals surface area contributed by atoms with Gasteiger partial charge in [0.25, 0.3) is 5.91 Å². The molecule has 0 unspecified atom stereocenters. The SMILES string of the molecule is Cc1ccccc1-n1nc(C(=O)N/N=C\c2ccccc2O)cc1-c1cccc2ccccc12. The van der Waals surface area contributed by atoms with Crippen molar-refractivity contribution >= 4 is 22.9 Å². The van der Waals surface area contributed by atoms with Crippen LogP contribution in [0.4, 0.5) is 0 Å². The Balaban J connectivity index is 1.57. The van der Waals surface area contributed by atoms with Crippen LogP contribution < -0.4 is 5.43 Å². The van der Waals surface area contributed by atoms with Crippen LogP contribution in [0, 0.1) is 6.92 Å². The first kappa shape index (κ1) is 21.2. The van der Waals surface area contributed by atoms with Gasteiger partial charge in [0, 0.05) is 11.1 Å². The third-order valence-electron chi connectivity index (χ3n) is 5.66. The number of hydrogen-bond donors (Lipinski definition) is 2.